The van der Waals surface area contributed by atoms with E-state index in [1.165, 1.54) is 17.5 Å². The summed E-state index contributed by atoms with van der Waals surface area (Å²) in [4.78, 5) is 18.9. The molecule has 0 unspecified atom stereocenters. The van der Waals surface area contributed by atoms with Crippen molar-refractivity contribution in [3.63, 3.8) is 0 Å². The first kappa shape index (κ1) is 21.5. The molecule has 7 heteroatoms. The van der Waals surface area contributed by atoms with Crippen LogP contribution in [0.5, 0.6) is 0 Å². The second kappa shape index (κ2) is 8.90. The topological polar surface area (TPSA) is 79.7 Å². The second-order valence-electron chi connectivity index (χ2n) is 9.40. The number of rotatable bonds is 5. The normalized spacial score (nSPS) is 18.0. The van der Waals surface area contributed by atoms with Gasteiger partial charge >= 0.3 is 0 Å². The summed E-state index contributed by atoms with van der Waals surface area (Å²) in [6, 6.07) is 16.1. The number of hydrogen-bond donors (Lipinski definition) is 1. The summed E-state index contributed by atoms with van der Waals surface area (Å²) in [5, 5.41) is 13.8. The lowest BCUT2D eigenvalue weighted by Gasteiger charge is -2.36. The molecule has 33 heavy (non-hydrogen) atoms. The molecule has 2 aromatic heterocycles. The predicted molar refractivity (Wildman–Crippen MR) is 129 cm³/mol. The largest absolute Gasteiger partial charge is 0.322 e. The molecule has 0 aliphatic carbocycles. The average molecular weight is 443 g/mol. The third-order valence-corrected chi connectivity index (χ3v) is 6.81. The third-order valence-electron chi connectivity index (χ3n) is 6.81. The van der Waals surface area contributed by atoms with Crippen molar-refractivity contribution in [1.82, 2.24) is 30.1 Å². The number of nitrogens with zero attached hydrogens (tertiary/aromatic N) is 5. The Morgan fingerprint density at radius 1 is 1.12 bits per heavy atom. The van der Waals surface area contributed by atoms with Gasteiger partial charge in [0, 0.05) is 17.6 Å². The zero-order valence-electron chi connectivity index (χ0n) is 19.5. The van der Waals surface area contributed by atoms with E-state index in [1.807, 2.05) is 35.0 Å². The number of pyridine rings is 1. The van der Waals surface area contributed by atoms with Gasteiger partial charge in [0.05, 0.1) is 6.54 Å². The van der Waals surface area contributed by atoms with Crippen LogP contribution >= 0.6 is 0 Å². The standard InChI is InChI=1S/C26H30N6O/c1-17-8-7-11-31(15-17)24(25-28-29-30-32(25)16-20-9-5-4-6-10-20)22-14-21-12-18(2)19(3)13-23(21)27-26(22)33/h4-6,9-10,12-14,17,24H,7-8,11,15-16H2,1-3H3,(H,27,33)/t17-,24-/m1/s1. The van der Waals surface area contributed by atoms with Gasteiger partial charge in [0.25, 0.3) is 5.56 Å². The van der Waals surface area contributed by atoms with Crippen molar-refractivity contribution in [2.45, 2.75) is 46.2 Å². The molecule has 1 aliphatic rings. The number of aryl methyl sites for hydroxylation is 2. The van der Waals surface area contributed by atoms with Crippen molar-refractivity contribution in [3.05, 3.63) is 87.0 Å². The van der Waals surface area contributed by atoms with Gasteiger partial charge in [0.15, 0.2) is 5.82 Å². The Labute approximate surface area is 193 Å². The van der Waals surface area contributed by atoms with E-state index < -0.39 is 0 Å². The highest BCUT2D eigenvalue weighted by Crippen LogP contribution is 2.31. The lowest BCUT2D eigenvalue weighted by molar-refractivity contribution is 0.141. The van der Waals surface area contributed by atoms with E-state index in [0.717, 1.165) is 36.0 Å². The molecule has 1 aliphatic heterocycles. The molecule has 7 nitrogen and oxygen atoms in total. The van der Waals surface area contributed by atoms with Crippen molar-refractivity contribution in [2.75, 3.05) is 13.1 Å². The minimum atomic E-state index is -0.304. The molecule has 1 fully saturated rings. The van der Waals surface area contributed by atoms with E-state index in [4.69, 9.17) is 0 Å². The number of hydrogen-bond acceptors (Lipinski definition) is 5. The maximum atomic E-state index is 13.4. The number of H-pyrrole nitrogens is 1. The molecule has 1 N–H and O–H groups in total. The van der Waals surface area contributed by atoms with Crippen molar-refractivity contribution < 1.29 is 0 Å². The van der Waals surface area contributed by atoms with Gasteiger partial charge < -0.3 is 4.98 Å². The van der Waals surface area contributed by atoms with Crippen molar-refractivity contribution in [3.8, 4) is 0 Å². The van der Waals surface area contributed by atoms with Gasteiger partial charge in [-0.15, -0.1) is 5.10 Å². The summed E-state index contributed by atoms with van der Waals surface area (Å²) in [6.07, 6.45) is 2.30. The number of nitrogens with one attached hydrogen (secondary N) is 1. The highest BCUT2D eigenvalue weighted by Gasteiger charge is 2.32. The first-order valence-electron chi connectivity index (χ1n) is 11.7. The Morgan fingerprint density at radius 2 is 1.91 bits per heavy atom. The van der Waals surface area contributed by atoms with Crippen LogP contribution in [0.3, 0.4) is 0 Å². The van der Waals surface area contributed by atoms with Crippen LogP contribution in [0.2, 0.25) is 0 Å². The Morgan fingerprint density at radius 3 is 2.70 bits per heavy atom. The zero-order valence-corrected chi connectivity index (χ0v) is 19.5. The lowest BCUT2D eigenvalue weighted by Crippen LogP contribution is -2.41. The van der Waals surface area contributed by atoms with E-state index in [2.05, 4.69) is 64.4 Å². The Hall–Kier alpha value is -3.32. The van der Waals surface area contributed by atoms with Gasteiger partial charge in [-0.2, -0.15) is 0 Å². The average Bonchev–Trinajstić information content (AvgIpc) is 3.24. The van der Waals surface area contributed by atoms with Crippen LogP contribution in [0.15, 0.2) is 53.3 Å². The molecule has 0 amide bonds. The second-order valence-corrected chi connectivity index (χ2v) is 9.40. The minimum absolute atomic E-state index is 0.0803. The van der Waals surface area contributed by atoms with Gasteiger partial charge in [-0.1, -0.05) is 37.3 Å². The smallest absolute Gasteiger partial charge is 0.253 e. The minimum Gasteiger partial charge on any atom is -0.322 e. The molecular formula is C26H30N6O. The predicted octanol–water partition coefficient (Wildman–Crippen LogP) is 4.00. The van der Waals surface area contributed by atoms with Crippen molar-refractivity contribution in [1.29, 1.82) is 0 Å². The number of fused-ring (bicyclic) bond motifs is 1. The third kappa shape index (κ3) is 4.33. The summed E-state index contributed by atoms with van der Waals surface area (Å²) in [7, 11) is 0. The molecule has 0 spiro atoms. The summed E-state index contributed by atoms with van der Waals surface area (Å²) in [5.41, 5.74) is 4.97. The van der Waals surface area contributed by atoms with Crippen LogP contribution in [0.1, 0.15) is 53.9 Å². The van der Waals surface area contributed by atoms with Crippen LogP contribution in [0, 0.1) is 19.8 Å². The molecule has 2 aromatic carbocycles. The Bertz CT molecular complexity index is 1330. The van der Waals surface area contributed by atoms with E-state index >= 15 is 0 Å². The van der Waals surface area contributed by atoms with E-state index in [-0.39, 0.29) is 11.6 Å². The van der Waals surface area contributed by atoms with Crippen LogP contribution in [-0.4, -0.2) is 43.2 Å². The first-order valence-corrected chi connectivity index (χ1v) is 11.7. The van der Waals surface area contributed by atoms with Crippen LogP contribution in [-0.2, 0) is 6.54 Å². The van der Waals surface area contributed by atoms with Gasteiger partial charge in [-0.25, -0.2) is 4.68 Å². The fourth-order valence-electron chi connectivity index (χ4n) is 4.93. The van der Waals surface area contributed by atoms with E-state index in [1.54, 1.807) is 0 Å². The monoisotopic (exact) mass is 442 g/mol. The van der Waals surface area contributed by atoms with Gasteiger partial charge in [-0.3, -0.25) is 9.69 Å². The molecule has 0 bridgehead atoms. The molecule has 2 atom stereocenters. The number of benzene rings is 2. The fraction of sp³-hybridized carbons (Fsp3) is 0.385. The Kier molecular flexibility index (Phi) is 5.81. The zero-order chi connectivity index (χ0) is 22.9. The molecule has 170 valence electrons. The fourth-order valence-corrected chi connectivity index (χ4v) is 4.93. The number of likely N-dealkylation sites (tertiary alicyclic amines) is 1. The quantitative estimate of drug-likeness (QED) is 0.505. The van der Waals surface area contributed by atoms with Gasteiger partial charge in [0.1, 0.15) is 6.04 Å². The highest BCUT2D eigenvalue weighted by atomic mass is 16.1. The SMILES string of the molecule is Cc1cc2cc([C@H](c3nnnn3Cc3ccccc3)N3CCC[C@@H](C)C3)c(=O)[nH]c2cc1C. The number of piperidine rings is 1. The van der Waals surface area contributed by atoms with Gasteiger partial charge in [0.2, 0.25) is 0 Å². The van der Waals surface area contributed by atoms with Crippen LogP contribution < -0.4 is 5.56 Å². The maximum absolute atomic E-state index is 13.4. The molecule has 5 rings (SSSR count). The van der Waals surface area contributed by atoms with Gasteiger partial charge in [-0.05, 0) is 89.9 Å². The number of aromatic amines is 1. The lowest BCUT2D eigenvalue weighted by atomic mass is 9.95. The molecule has 3 heterocycles. The molecule has 1 saturated heterocycles. The highest BCUT2D eigenvalue weighted by molar-refractivity contribution is 5.81. The summed E-state index contributed by atoms with van der Waals surface area (Å²) in [6.45, 7) is 8.82. The van der Waals surface area contributed by atoms with Crippen LogP contribution in [0.25, 0.3) is 10.9 Å². The van der Waals surface area contributed by atoms with E-state index in [9.17, 15) is 4.79 Å². The maximum Gasteiger partial charge on any atom is 0.253 e. The molecule has 0 saturated carbocycles. The summed E-state index contributed by atoms with van der Waals surface area (Å²) in [5.74, 6) is 1.27. The number of aromatic nitrogens is 5. The van der Waals surface area contributed by atoms with E-state index in [0.29, 0.717) is 23.9 Å². The van der Waals surface area contributed by atoms with Crippen molar-refractivity contribution in [2.24, 2.45) is 5.92 Å². The van der Waals surface area contributed by atoms with Crippen molar-refractivity contribution >= 4 is 10.9 Å². The Balaban J connectivity index is 1.64. The first-order chi connectivity index (χ1) is 16.0. The molecule has 0 radical (unpaired) electrons. The number of tetrazole rings is 1. The summed E-state index contributed by atoms with van der Waals surface area (Å²) >= 11 is 0. The molecular weight excluding hydrogens is 412 g/mol. The summed E-state index contributed by atoms with van der Waals surface area (Å²) < 4.78 is 1.84. The van der Waals surface area contributed by atoms with Crippen LogP contribution in [0.4, 0.5) is 0 Å². The molecule has 4 aromatic rings.